The molecule has 0 saturated carbocycles. The first-order chi connectivity index (χ1) is 6.68. The normalized spacial score (nSPS) is 10.5. The largest absolute Gasteiger partial charge is 0.361 e. The van der Waals surface area contributed by atoms with E-state index < -0.39 is 0 Å². The first-order valence-electron chi connectivity index (χ1n) is 4.10. The van der Waals surface area contributed by atoms with E-state index in [1.165, 1.54) is 0 Å². The lowest BCUT2D eigenvalue weighted by Crippen LogP contribution is -1.90. The third-order valence-electron chi connectivity index (χ3n) is 1.88. The minimum absolute atomic E-state index is 0.412. The van der Waals surface area contributed by atoms with Gasteiger partial charge in [0, 0.05) is 6.20 Å². The van der Waals surface area contributed by atoms with Gasteiger partial charge in [0.15, 0.2) is 5.82 Å². The molecule has 0 saturated heterocycles. The zero-order valence-electron chi connectivity index (χ0n) is 7.78. The van der Waals surface area contributed by atoms with Crippen molar-refractivity contribution >= 4 is 11.6 Å². The Morgan fingerprint density at radius 2 is 2.14 bits per heavy atom. The maximum absolute atomic E-state index is 5.76. The summed E-state index contributed by atoms with van der Waals surface area (Å²) in [5.74, 6) is 1.25. The molecule has 0 fully saturated rings. The molecule has 0 radical (unpaired) electrons. The van der Waals surface area contributed by atoms with Gasteiger partial charge in [-0.15, -0.1) is 0 Å². The summed E-state index contributed by atoms with van der Waals surface area (Å²) in [6.45, 7) is 3.66. The van der Waals surface area contributed by atoms with Crippen molar-refractivity contribution in [1.82, 2.24) is 15.1 Å². The molecule has 2 aromatic heterocycles. The summed E-state index contributed by atoms with van der Waals surface area (Å²) >= 11 is 5.76. The molecule has 14 heavy (non-hydrogen) atoms. The zero-order valence-corrected chi connectivity index (χ0v) is 8.54. The molecule has 2 rings (SSSR count). The molecule has 0 spiro atoms. The van der Waals surface area contributed by atoms with Crippen LogP contribution in [0.3, 0.4) is 0 Å². The van der Waals surface area contributed by atoms with E-state index in [2.05, 4.69) is 15.1 Å². The maximum atomic E-state index is 5.76. The monoisotopic (exact) mass is 209 g/mol. The highest BCUT2D eigenvalue weighted by molar-refractivity contribution is 6.29. The molecule has 0 aliphatic heterocycles. The number of rotatable bonds is 1. The van der Waals surface area contributed by atoms with Crippen molar-refractivity contribution in [2.45, 2.75) is 13.8 Å². The van der Waals surface area contributed by atoms with Gasteiger partial charge in [0.25, 0.3) is 0 Å². The first-order valence-corrected chi connectivity index (χ1v) is 4.48. The van der Waals surface area contributed by atoms with Gasteiger partial charge in [0.2, 0.25) is 0 Å². The summed E-state index contributed by atoms with van der Waals surface area (Å²) in [7, 11) is 0. The Morgan fingerprint density at radius 3 is 2.71 bits per heavy atom. The molecule has 2 heterocycles. The van der Waals surface area contributed by atoms with E-state index in [1.54, 1.807) is 12.3 Å². The number of hydrogen-bond acceptors (Lipinski definition) is 4. The second kappa shape index (κ2) is 3.38. The van der Waals surface area contributed by atoms with Crippen LogP contribution in [-0.2, 0) is 0 Å². The predicted molar refractivity (Wildman–Crippen MR) is 52.0 cm³/mol. The number of aromatic nitrogens is 3. The van der Waals surface area contributed by atoms with Crippen molar-refractivity contribution in [1.29, 1.82) is 0 Å². The molecule has 0 unspecified atom stereocenters. The Labute approximate surface area is 85.9 Å². The Bertz CT molecular complexity index is 447. The second-order valence-electron chi connectivity index (χ2n) is 2.90. The number of aryl methyl sites for hydroxylation is 2. The summed E-state index contributed by atoms with van der Waals surface area (Å²) in [5.41, 5.74) is 1.58. The smallest absolute Gasteiger partial charge is 0.166 e. The van der Waals surface area contributed by atoms with Crippen LogP contribution in [0, 0.1) is 13.8 Å². The van der Waals surface area contributed by atoms with Crippen LogP contribution in [0.4, 0.5) is 0 Å². The molecule has 0 aliphatic rings. The predicted octanol–water partition coefficient (Wildman–Crippen LogP) is 2.40. The molecular formula is C9H8ClN3O. The van der Waals surface area contributed by atoms with Gasteiger partial charge in [-0.05, 0) is 19.9 Å². The van der Waals surface area contributed by atoms with Gasteiger partial charge in [-0.25, -0.2) is 9.97 Å². The average Bonchev–Trinajstić information content (AvgIpc) is 2.46. The summed E-state index contributed by atoms with van der Waals surface area (Å²) in [6, 6.07) is 1.63. The Hall–Kier alpha value is -1.42. The molecule has 0 atom stereocenters. The molecule has 0 N–H and O–H groups in total. The molecule has 0 amide bonds. The van der Waals surface area contributed by atoms with Crippen LogP contribution >= 0.6 is 11.6 Å². The number of nitrogens with zero attached hydrogens (tertiary/aromatic N) is 3. The SMILES string of the molecule is Cc1noc(C)c1-c1nccc(Cl)n1. The van der Waals surface area contributed by atoms with Gasteiger partial charge in [-0.3, -0.25) is 0 Å². The van der Waals surface area contributed by atoms with Gasteiger partial charge in [-0.2, -0.15) is 0 Å². The molecule has 2 aromatic rings. The van der Waals surface area contributed by atoms with Crippen molar-refractivity contribution < 1.29 is 4.52 Å². The molecule has 0 bridgehead atoms. The van der Waals surface area contributed by atoms with E-state index in [9.17, 15) is 0 Å². The fraction of sp³-hybridized carbons (Fsp3) is 0.222. The van der Waals surface area contributed by atoms with Crippen molar-refractivity contribution in [3.63, 3.8) is 0 Å². The van der Waals surface area contributed by atoms with Gasteiger partial charge in [-0.1, -0.05) is 16.8 Å². The van der Waals surface area contributed by atoms with Crippen LogP contribution in [0.25, 0.3) is 11.4 Å². The highest BCUT2D eigenvalue weighted by atomic mass is 35.5. The number of halogens is 1. The average molecular weight is 210 g/mol. The van der Waals surface area contributed by atoms with Crippen molar-refractivity contribution in [3.8, 4) is 11.4 Å². The minimum Gasteiger partial charge on any atom is -0.361 e. The fourth-order valence-electron chi connectivity index (χ4n) is 1.26. The van der Waals surface area contributed by atoms with E-state index in [-0.39, 0.29) is 0 Å². The highest BCUT2D eigenvalue weighted by Gasteiger charge is 2.13. The first kappa shape index (κ1) is 9.15. The van der Waals surface area contributed by atoms with Gasteiger partial charge < -0.3 is 4.52 Å². The maximum Gasteiger partial charge on any atom is 0.166 e. The third-order valence-corrected chi connectivity index (χ3v) is 2.09. The molecule has 0 aromatic carbocycles. The molecule has 5 heteroatoms. The van der Waals surface area contributed by atoms with Crippen LogP contribution in [0.2, 0.25) is 5.15 Å². The van der Waals surface area contributed by atoms with Crippen LogP contribution in [0.5, 0.6) is 0 Å². The van der Waals surface area contributed by atoms with Crippen LogP contribution in [-0.4, -0.2) is 15.1 Å². The Morgan fingerprint density at radius 1 is 1.36 bits per heavy atom. The van der Waals surface area contributed by atoms with Gasteiger partial charge in [0.1, 0.15) is 10.9 Å². The lowest BCUT2D eigenvalue weighted by molar-refractivity contribution is 0.393. The Balaban J connectivity index is 2.59. The van der Waals surface area contributed by atoms with E-state index >= 15 is 0 Å². The van der Waals surface area contributed by atoms with E-state index in [4.69, 9.17) is 16.1 Å². The second-order valence-corrected chi connectivity index (χ2v) is 3.29. The standard InChI is InChI=1S/C9H8ClN3O/c1-5-8(6(2)14-13-5)9-11-4-3-7(10)12-9/h3-4H,1-2H3. The highest BCUT2D eigenvalue weighted by Crippen LogP contribution is 2.23. The van der Waals surface area contributed by atoms with Gasteiger partial charge in [0.05, 0.1) is 11.3 Å². The fourth-order valence-corrected chi connectivity index (χ4v) is 1.40. The van der Waals surface area contributed by atoms with Crippen molar-refractivity contribution in [2.24, 2.45) is 0 Å². The van der Waals surface area contributed by atoms with E-state index in [0.29, 0.717) is 16.7 Å². The topological polar surface area (TPSA) is 51.8 Å². The zero-order chi connectivity index (χ0) is 10.1. The lowest BCUT2D eigenvalue weighted by atomic mass is 10.2. The summed E-state index contributed by atoms with van der Waals surface area (Å²) in [4.78, 5) is 8.20. The summed E-state index contributed by atoms with van der Waals surface area (Å²) < 4.78 is 5.02. The van der Waals surface area contributed by atoms with Crippen molar-refractivity contribution in [3.05, 3.63) is 28.9 Å². The quantitative estimate of drug-likeness (QED) is 0.677. The number of hydrogen-bond donors (Lipinski definition) is 0. The molecular weight excluding hydrogens is 202 g/mol. The van der Waals surface area contributed by atoms with E-state index in [1.807, 2.05) is 13.8 Å². The van der Waals surface area contributed by atoms with Crippen molar-refractivity contribution in [2.75, 3.05) is 0 Å². The lowest BCUT2D eigenvalue weighted by Gasteiger charge is -1.97. The molecule has 72 valence electrons. The molecule has 0 aliphatic carbocycles. The third kappa shape index (κ3) is 1.48. The van der Waals surface area contributed by atoms with Crippen LogP contribution in [0.15, 0.2) is 16.8 Å². The van der Waals surface area contributed by atoms with Crippen LogP contribution < -0.4 is 0 Å². The van der Waals surface area contributed by atoms with Gasteiger partial charge >= 0.3 is 0 Å². The molecule has 4 nitrogen and oxygen atoms in total. The minimum atomic E-state index is 0.412. The summed E-state index contributed by atoms with van der Waals surface area (Å²) in [6.07, 6.45) is 1.61. The summed E-state index contributed by atoms with van der Waals surface area (Å²) in [5, 5.41) is 4.24. The van der Waals surface area contributed by atoms with E-state index in [0.717, 1.165) is 11.3 Å². The Kier molecular flexibility index (Phi) is 2.21. The van der Waals surface area contributed by atoms with Crippen LogP contribution in [0.1, 0.15) is 11.5 Å².